The summed E-state index contributed by atoms with van der Waals surface area (Å²) >= 11 is 0. The molecule has 1 unspecified atom stereocenters. The molecule has 0 heterocycles. The largest absolute Gasteiger partial charge is 0.412 e. The molecule has 22 N–H and O–H groups in total. The van der Waals surface area contributed by atoms with Gasteiger partial charge in [-0.3, -0.25) is 0 Å². The van der Waals surface area contributed by atoms with E-state index in [-0.39, 0.29) is 61.4 Å². The van der Waals surface area contributed by atoms with Crippen molar-refractivity contribution in [2.24, 2.45) is 0 Å². The summed E-state index contributed by atoms with van der Waals surface area (Å²) < 4.78 is 0. The molecule has 0 aliphatic rings. The van der Waals surface area contributed by atoms with Crippen LogP contribution in [0.1, 0.15) is 6.92 Å². The first-order valence-electron chi connectivity index (χ1n) is 1.56. The van der Waals surface area contributed by atoms with E-state index < -0.39 is 6.10 Å². The molecule has 12 nitrogen and oxygen atoms in total. The van der Waals surface area contributed by atoms with Crippen LogP contribution in [0.4, 0.5) is 0 Å². The Morgan fingerprint density at radius 3 is 0.733 bits per heavy atom. The summed E-state index contributed by atoms with van der Waals surface area (Å²) in [6.45, 7) is 1.39. The molecule has 0 aliphatic carbocycles. The third-order valence-electron chi connectivity index (χ3n) is 0.264. The van der Waals surface area contributed by atoms with E-state index >= 15 is 0 Å². The molecule has 0 aromatic carbocycles. The van der Waals surface area contributed by atoms with Gasteiger partial charge in [-0.25, -0.2) is 0 Å². The van der Waals surface area contributed by atoms with Crippen molar-refractivity contribution in [2.75, 3.05) is 6.61 Å². The molecule has 112 valence electrons. The molecule has 0 amide bonds. The summed E-state index contributed by atoms with van der Waals surface area (Å²) in [5.74, 6) is 0. The van der Waals surface area contributed by atoms with Crippen LogP contribution in [0.25, 0.3) is 0 Å². The normalized spacial score (nSPS) is 5.00. The van der Waals surface area contributed by atoms with Crippen molar-refractivity contribution in [3.05, 3.63) is 0 Å². The molecule has 0 spiro atoms. The van der Waals surface area contributed by atoms with E-state index in [1.165, 1.54) is 6.92 Å². The number of aliphatic hydroxyl groups is 2. The van der Waals surface area contributed by atoms with Gasteiger partial charge in [0.05, 0.1) is 12.7 Å². The Labute approximate surface area is 85.9 Å². The lowest BCUT2D eigenvalue weighted by molar-refractivity contribution is 0.110. The standard InChI is InChI=1S/C3H8O2.10H2O/c1-3(5)2-4;;;;;;;;;;/h3-5H,2H2,1H3;10*1H2. The van der Waals surface area contributed by atoms with Crippen molar-refractivity contribution in [3.63, 3.8) is 0 Å². The van der Waals surface area contributed by atoms with Crippen LogP contribution in [0.5, 0.6) is 0 Å². The van der Waals surface area contributed by atoms with Crippen molar-refractivity contribution >= 4 is 0 Å². The van der Waals surface area contributed by atoms with Gasteiger partial charge in [-0.05, 0) is 6.92 Å². The monoisotopic (exact) mass is 256 g/mol. The van der Waals surface area contributed by atoms with Gasteiger partial charge in [0.15, 0.2) is 0 Å². The summed E-state index contributed by atoms with van der Waals surface area (Å²) in [5.41, 5.74) is 0. The molecule has 1 atom stereocenters. The first kappa shape index (κ1) is 214. The molecule has 0 aromatic rings. The lowest BCUT2D eigenvalue weighted by Crippen LogP contribution is -2.03. The van der Waals surface area contributed by atoms with E-state index in [0.29, 0.717) is 0 Å². The van der Waals surface area contributed by atoms with E-state index in [2.05, 4.69) is 0 Å². The average Bonchev–Trinajstić information content (AvgIpc) is 1.38. The summed E-state index contributed by atoms with van der Waals surface area (Å²) in [4.78, 5) is 0. The van der Waals surface area contributed by atoms with Crippen molar-refractivity contribution < 1.29 is 65.0 Å². The van der Waals surface area contributed by atoms with Crippen LogP contribution in [0, 0.1) is 0 Å². The molecule has 0 radical (unpaired) electrons. The van der Waals surface area contributed by atoms with Gasteiger partial charge in [-0.15, -0.1) is 0 Å². The summed E-state index contributed by atoms with van der Waals surface area (Å²) in [7, 11) is 0. The maximum absolute atomic E-state index is 8.11. The second-order valence-electron chi connectivity index (χ2n) is 1.03. The maximum atomic E-state index is 8.11. The topological polar surface area (TPSA) is 355 Å². The van der Waals surface area contributed by atoms with Gasteiger partial charge in [0.1, 0.15) is 0 Å². The van der Waals surface area contributed by atoms with Crippen LogP contribution in [0.15, 0.2) is 0 Å². The number of hydrogen-bond acceptors (Lipinski definition) is 2. The van der Waals surface area contributed by atoms with Gasteiger partial charge in [0.25, 0.3) is 0 Å². The molecular formula is C3H28O12. The second kappa shape index (κ2) is 171. The van der Waals surface area contributed by atoms with Crippen molar-refractivity contribution in [1.29, 1.82) is 0 Å². The molecular weight excluding hydrogens is 228 g/mol. The number of aliphatic hydroxyl groups excluding tert-OH is 2. The molecule has 0 saturated heterocycles. The minimum Gasteiger partial charge on any atom is -0.412 e. The minimum atomic E-state index is -0.560. The highest BCUT2D eigenvalue weighted by atomic mass is 16.3. The lowest BCUT2D eigenvalue weighted by Gasteiger charge is -1.90. The molecule has 0 fully saturated rings. The molecule has 0 aliphatic heterocycles. The highest BCUT2D eigenvalue weighted by molar-refractivity contribution is 4.33. The molecule has 0 rings (SSSR count). The second-order valence-corrected chi connectivity index (χ2v) is 1.03. The third-order valence-corrected chi connectivity index (χ3v) is 0.264. The molecule has 0 bridgehead atoms. The van der Waals surface area contributed by atoms with Crippen molar-refractivity contribution in [2.45, 2.75) is 13.0 Å². The molecule has 0 aromatic heterocycles. The van der Waals surface area contributed by atoms with E-state index in [1.807, 2.05) is 0 Å². The fraction of sp³-hybridized carbons (Fsp3) is 1.00. The average molecular weight is 256 g/mol. The molecule has 12 heteroatoms. The Hall–Kier alpha value is -0.480. The fourth-order valence-electron chi connectivity index (χ4n) is 0. The van der Waals surface area contributed by atoms with Gasteiger partial charge in [0.2, 0.25) is 0 Å². The van der Waals surface area contributed by atoms with Crippen molar-refractivity contribution in [1.82, 2.24) is 0 Å². The van der Waals surface area contributed by atoms with Crippen LogP contribution in [0.2, 0.25) is 0 Å². The quantitative estimate of drug-likeness (QED) is 0.460. The first-order valence-corrected chi connectivity index (χ1v) is 1.56. The Kier molecular flexibility index (Phi) is 2440. The van der Waals surface area contributed by atoms with E-state index in [9.17, 15) is 0 Å². The summed E-state index contributed by atoms with van der Waals surface area (Å²) in [6.07, 6.45) is -0.560. The predicted octanol–water partition coefficient (Wildman–Crippen LogP) is -8.89. The fourth-order valence-corrected chi connectivity index (χ4v) is 0. The zero-order chi connectivity index (χ0) is 4.28. The maximum Gasteiger partial charge on any atom is 0.0742 e. The minimum absolute atomic E-state index is 0. The number of rotatable bonds is 1. The summed E-state index contributed by atoms with van der Waals surface area (Å²) in [6, 6.07) is 0. The first-order chi connectivity index (χ1) is 2.27. The van der Waals surface area contributed by atoms with Crippen LogP contribution < -0.4 is 0 Å². The summed E-state index contributed by atoms with van der Waals surface area (Å²) in [5, 5.41) is 16.0. The van der Waals surface area contributed by atoms with E-state index in [1.54, 1.807) is 0 Å². The van der Waals surface area contributed by atoms with Crippen LogP contribution in [-0.2, 0) is 0 Å². The Bertz CT molecular complexity index is 24.8. The van der Waals surface area contributed by atoms with Crippen molar-refractivity contribution in [3.8, 4) is 0 Å². The van der Waals surface area contributed by atoms with Crippen LogP contribution in [-0.4, -0.2) is 77.7 Å². The number of hydrogen-bond donors (Lipinski definition) is 2. The van der Waals surface area contributed by atoms with E-state index in [4.69, 9.17) is 10.2 Å². The molecule has 0 saturated carbocycles. The lowest BCUT2D eigenvalue weighted by atomic mass is 10.5. The van der Waals surface area contributed by atoms with Crippen LogP contribution >= 0.6 is 0 Å². The predicted molar refractivity (Wildman–Crippen MR) is 54.9 cm³/mol. The highest BCUT2D eigenvalue weighted by Crippen LogP contribution is 1.68. The third kappa shape index (κ3) is 777. The highest BCUT2D eigenvalue weighted by Gasteiger charge is 1.83. The van der Waals surface area contributed by atoms with Gasteiger partial charge in [0, 0.05) is 0 Å². The Morgan fingerprint density at radius 2 is 0.733 bits per heavy atom. The van der Waals surface area contributed by atoms with E-state index in [0.717, 1.165) is 0 Å². The zero-order valence-corrected chi connectivity index (χ0v) is 8.18. The van der Waals surface area contributed by atoms with Gasteiger partial charge in [-0.1, -0.05) is 0 Å². The molecule has 15 heavy (non-hydrogen) atoms. The Morgan fingerprint density at radius 1 is 0.667 bits per heavy atom. The smallest absolute Gasteiger partial charge is 0.0742 e. The van der Waals surface area contributed by atoms with Crippen LogP contribution in [0.3, 0.4) is 0 Å². The van der Waals surface area contributed by atoms with Gasteiger partial charge in [-0.2, -0.15) is 0 Å². The van der Waals surface area contributed by atoms with Gasteiger partial charge < -0.3 is 65.0 Å². The van der Waals surface area contributed by atoms with Gasteiger partial charge >= 0.3 is 0 Å². The Balaban J connectivity index is -0.00000000178. The zero-order valence-electron chi connectivity index (χ0n) is 8.18. The SMILES string of the molecule is CC(O)CO.O.O.O.O.O.O.O.O.O.O.